The van der Waals surface area contributed by atoms with Gasteiger partial charge in [0, 0.05) is 5.69 Å². The van der Waals surface area contributed by atoms with E-state index in [0.717, 1.165) is 24.0 Å². The molecule has 1 fully saturated rings. The fraction of sp³-hybridized carbons (Fsp3) is 0.235. The summed E-state index contributed by atoms with van der Waals surface area (Å²) < 4.78 is 13.0. The zero-order valence-electron chi connectivity index (χ0n) is 11.5. The molecular weight excluding hydrogens is 269 g/mol. The molecule has 2 N–H and O–H groups in total. The number of carbonyl (C=O) groups is 1. The van der Waals surface area contributed by atoms with Crippen molar-refractivity contribution in [1.82, 2.24) is 0 Å². The standard InChI is InChI=1S/C17H16FNO2/c18-14-5-3-13(4-6-14)17(9-10-17)16(21)19-15-7-1-12(11-20)2-8-15/h1-8,20H,9-11H2,(H,19,21). The summed E-state index contributed by atoms with van der Waals surface area (Å²) in [5.41, 5.74) is 1.83. The first-order valence-electron chi connectivity index (χ1n) is 6.91. The number of carbonyl (C=O) groups excluding carboxylic acids is 1. The van der Waals surface area contributed by atoms with Crippen molar-refractivity contribution in [3.63, 3.8) is 0 Å². The second-order valence-corrected chi connectivity index (χ2v) is 5.40. The van der Waals surface area contributed by atoms with E-state index in [9.17, 15) is 9.18 Å². The normalized spacial score (nSPS) is 15.5. The number of nitrogens with one attached hydrogen (secondary N) is 1. The largest absolute Gasteiger partial charge is 0.392 e. The average Bonchev–Trinajstić information content (AvgIpc) is 3.30. The second kappa shape index (κ2) is 5.30. The molecule has 108 valence electrons. The number of hydrogen-bond donors (Lipinski definition) is 2. The van der Waals surface area contributed by atoms with Crippen LogP contribution in [-0.4, -0.2) is 11.0 Å². The van der Waals surface area contributed by atoms with Gasteiger partial charge in [-0.15, -0.1) is 0 Å². The van der Waals surface area contributed by atoms with E-state index in [-0.39, 0.29) is 18.3 Å². The molecule has 1 amide bonds. The van der Waals surface area contributed by atoms with E-state index < -0.39 is 5.41 Å². The molecule has 0 aliphatic heterocycles. The minimum atomic E-state index is -0.524. The fourth-order valence-corrected chi connectivity index (χ4v) is 2.48. The van der Waals surface area contributed by atoms with Crippen molar-refractivity contribution in [2.75, 3.05) is 5.32 Å². The Morgan fingerprint density at radius 2 is 1.71 bits per heavy atom. The van der Waals surface area contributed by atoms with Crippen LogP contribution in [0, 0.1) is 5.82 Å². The van der Waals surface area contributed by atoms with E-state index in [4.69, 9.17) is 5.11 Å². The maximum absolute atomic E-state index is 13.0. The molecule has 0 unspecified atom stereocenters. The van der Waals surface area contributed by atoms with Gasteiger partial charge in [-0.2, -0.15) is 0 Å². The Hall–Kier alpha value is -2.20. The molecule has 3 rings (SSSR count). The monoisotopic (exact) mass is 285 g/mol. The lowest BCUT2D eigenvalue weighted by molar-refractivity contribution is -0.118. The maximum atomic E-state index is 13.0. The summed E-state index contributed by atoms with van der Waals surface area (Å²) >= 11 is 0. The number of halogens is 1. The predicted octanol–water partition coefficient (Wildman–Crippen LogP) is 2.99. The molecular formula is C17H16FNO2. The summed E-state index contributed by atoms with van der Waals surface area (Å²) in [5, 5.41) is 11.9. The first kappa shape index (κ1) is 13.8. The van der Waals surface area contributed by atoms with Gasteiger partial charge in [-0.3, -0.25) is 4.79 Å². The molecule has 2 aromatic carbocycles. The Bertz CT molecular complexity index is 645. The fourth-order valence-electron chi connectivity index (χ4n) is 2.48. The van der Waals surface area contributed by atoms with Gasteiger partial charge in [0.15, 0.2) is 0 Å². The lowest BCUT2D eigenvalue weighted by Crippen LogP contribution is -2.27. The van der Waals surface area contributed by atoms with E-state index in [0.29, 0.717) is 5.69 Å². The third-order valence-electron chi connectivity index (χ3n) is 3.98. The van der Waals surface area contributed by atoms with Crippen LogP contribution in [-0.2, 0) is 16.8 Å². The van der Waals surface area contributed by atoms with Gasteiger partial charge >= 0.3 is 0 Å². The van der Waals surface area contributed by atoms with Gasteiger partial charge < -0.3 is 10.4 Å². The summed E-state index contributed by atoms with van der Waals surface area (Å²) in [7, 11) is 0. The zero-order chi connectivity index (χ0) is 14.9. The number of benzene rings is 2. The quantitative estimate of drug-likeness (QED) is 0.907. The molecule has 0 aromatic heterocycles. The number of hydrogen-bond acceptors (Lipinski definition) is 2. The molecule has 1 aliphatic rings. The van der Waals surface area contributed by atoms with Gasteiger partial charge in [-0.1, -0.05) is 24.3 Å². The van der Waals surface area contributed by atoms with E-state index in [2.05, 4.69) is 5.32 Å². The van der Waals surface area contributed by atoms with Crippen LogP contribution >= 0.6 is 0 Å². The zero-order valence-corrected chi connectivity index (χ0v) is 11.5. The van der Waals surface area contributed by atoms with E-state index in [1.165, 1.54) is 12.1 Å². The summed E-state index contributed by atoms with van der Waals surface area (Å²) in [6.45, 7) is -0.0201. The smallest absolute Gasteiger partial charge is 0.235 e. The van der Waals surface area contributed by atoms with Crippen LogP contribution < -0.4 is 5.32 Å². The first-order chi connectivity index (χ1) is 10.1. The summed E-state index contributed by atoms with van der Waals surface area (Å²) in [4.78, 5) is 12.5. The van der Waals surface area contributed by atoms with Crippen LogP contribution in [0.4, 0.5) is 10.1 Å². The maximum Gasteiger partial charge on any atom is 0.235 e. The van der Waals surface area contributed by atoms with Gasteiger partial charge in [-0.25, -0.2) is 4.39 Å². The molecule has 1 saturated carbocycles. The third-order valence-corrected chi connectivity index (χ3v) is 3.98. The van der Waals surface area contributed by atoms with Crippen LogP contribution in [0.3, 0.4) is 0 Å². The third kappa shape index (κ3) is 2.67. The molecule has 3 nitrogen and oxygen atoms in total. The Labute approximate surface area is 122 Å². The highest BCUT2D eigenvalue weighted by molar-refractivity contribution is 6.01. The van der Waals surface area contributed by atoms with E-state index in [1.54, 1.807) is 36.4 Å². The number of anilines is 1. The van der Waals surface area contributed by atoms with Gasteiger partial charge in [0.2, 0.25) is 5.91 Å². The molecule has 21 heavy (non-hydrogen) atoms. The minimum absolute atomic E-state index is 0.0201. The lowest BCUT2D eigenvalue weighted by atomic mass is 9.95. The van der Waals surface area contributed by atoms with Crippen LogP contribution in [0.25, 0.3) is 0 Å². The molecule has 0 bridgehead atoms. The number of rotatable bonds is 4. The summed E-state index contributed by atoms with van der Waals surface area (Å²) in [6.07, 6.45) is 1.55. The minimum Gasteiger partial charge on any atom is -0.392 e. The molecule has 1 aliphatic carbocycles. The van der Waals surface area contributed by atoms with Crippen LogP contribution in [0.5, 0.6) is 0 Å². The first-order valence-corrected chi connectivity index (χ1v) is 6.91. The van der Waals surface area contributed by atoms with Crippen LogP contribution in [0.15, 0.2) is 48.5 Å². The molecule has 2 aromatic rings. The highest BCUT2D eigenvalue weighted by Crippen LogP contribution is 2.49. The Morgan fingerprint density at radius 3 is 2.24 bits per heavy atom. The average molecular weight is 285 g/mol. The van der Waals surface area contributed by atoms with E-state index >= 15 is 0 Å². The van der Waals surface area contributed by atoms with Crippen LogP contribution in [0.1, 0.15) is 24.0 Å². The second-order valence-electron chi connectivity index (χ2n) is 5.40. The molecule has 0 saturated heterocycles. The van der Waals surface area contributed by atoms with Gasteiger partial charge in [-0.05, 0) is 48.2 Å². The van der Waals surface area contributed by atoms with Gasteiger partial charge in [0.1, 0.15) is 5.82 Å². The van der Waals surface area contributed by atoms with E-state index in [1.807, 2.05) is 0 Å². The van der Waals surface area contributed by atoms with Crippen LogP contribution in [0.2, 0.25) is 0 Å². The number of amides is 1. The van der Waals surface area contributed by atoms with Crippen molar-refractivity contribution in [3.05, 3.63) is 65.5 Å². The lowest BCUT2D eigenvalue weighted by Gasteiger charge is -2.16. The van der Waals surface area contributed by atoms with Gasteiger partial charge in [0.05, 0.1) is 12.0 Å². The Balaban J connectivity index is 1.76. The van der Waals surface area contributed by atoms with Crippen molar-refractivity contribution >= 4 is 11.6 Å². The highest BCUT2D eigenvalue weighted by atomic mass is 19.1. The van der Waals surface area contributed by atoms with Crippen molar-refractivity contribution in [2.45, 2.75) is 24.9 Å². The number of aliphatic hydroxyl groups excluding tert-OH is 1. The molecule has 0 spiro atoms. The molecule has 0 heterocycles. The van der Waals surface area contributed by atoms with Crippen molar-refractivity contribution in [3.8, 4) is 0 Å². The molecule has 4 heteroatoms. The van der Waals surface area contributed by atoms with Crippen molar-refractivity contribution < 1.29 is 14.3 Å². The SMILES string of the molecule is O=C(Nc1ccc(CO)cc1)C1(c2ccc(F)cc2)CC1. The van der Waals surface area contributed by atoms with Gasteiger partial charge in [0.25, 0.3) is 0 Å². The summed E-state index contributed by atoms with van der Waals surface area (Å²) in [6, 6.07) is 13.2. The topological polar surface area (TPSA) is 49.3 Å². The number of aliphatic hydroxyl groups is 1. The Morgan fingerprint density at radius 1 is 1.10 bits per heavy atom. The predicted molar refractivity (Wildman–Crippen MR) is 78.3 cm³/mol. The van der Waals surface area contributed by atoms with Crippen molar-refractivity contribution in [1.29, 1.82) is 0 Å². The molecule has 0 radical (unpaired) electrons. The Kier molecular flexibility index (Phi) is 3.47. The van der Waals surface area contributed by atoms with Crippen molar-refractivity contribution in [2.24, 2.45) is 0 Å². The summed E-state index contributed by atoms with van der Waals surface area (Å²) in [5.74, 6) is -0.361. The molecule has 0 atom stereocenters. The highest BCUT2D eigenvalue weighted by Gasteiger charge is 2.51.